The molecular formula is C9H19F3N2. The van der Waals surface area contributed by atoms with Gasteiger partial charge in [-0.3, -0.25) is 0 Å². The van der Waals surface area contributed by atoms with Crippen molar-refractivity contribution in [1.29, 1.82) is 0 Å². The molecule has 2 nitrogen and oxygen atoms in total. The number of halogens is 3. The van der Waals surface area contributed by atoms with Gasteiger partial charge in [-0.15, -0.1) is 0 Å². The zero-order valence-electron chi connectivity index (χ0n) is 9.07. The summed E-state index contributed by atoms with van der Waals surface area (Å²) in [5, 5.41) is 2.63. The Hall–Kier alpha value is -0.290. The van der Waals surface area contributed by atoms with Gasteiger partial charge < -0.3 is 11.1 Å². The first kappa shape index (κ1) is 13.7. The number of hydrogen-bond donors (Lipinski definition) is 2. The van der Waals surface area contributed by atoms with Crippen LogP contribution in [0.1, 0.15) is 27.7 Å². The summed E-state index contributed by atoms with van der Waals surface area (Å²) in [5.74, 6) is -0.478. The molecule has 86 valence electrons. The van der Waals surface area contributed by atoms with Crippen LogP contribution in [-0.2, 0) is 0 Å². The molecule has 0 fully saturated rings. The Morgan fingerprint density at radius 2 is 1.64 bits per heavy atom. The molecule has 0 aromatic rings. The topological polar surface area (TPSA) is 38.0 Å². The average molecular weight is 212 g/mol. The van der Waals surface area contributed by atoms with E-state index in [1.54, 1.807) is 20.8 Å². The molecule has 0 rings (SSSR count). The van der Waals surface area contributed by atoms with E-state index in [0.717, 1.165) is 0 Å². The molecule has 2 unspecified atom stereocenters. The zero-order valence-corrected chi connectivity index (χ0v) is 9.07. The molecule has 3 N–H and O–H groups in total. The van der Waals surface area contributed by atoms with Gasteiger partial charge in [0.15, 0.2) is 0 Å². The van der Waals surface area contributed by atoms with Crippen molar-refractivity contribution < 1.29 is 13.2 Å². The second-order valence-electron chi connectivity index (χ2n) is 4.24. The Morgan fingerprint density at radius 3 is 1.86 bits per heavy atom. The summed E-state index contributed by atoms with van der Waals surface area (Å²) >= 11 is 0. The highest BCUT2D eigenvalue weighted by Crippen LogP contribution is 2.43. The third-order valence-electron chi connectivity index (χ3n) is 2.71. The molecule has 0 heterocycles. The van der Waals surface area contributed by atoms with E-state index < -0.39 is 23.7 Å². The van der Waals surface area contributed by atoms with Crippen LogP contribution >= 0.6 is 0 Å². The number of rotatable bonds is 4. The molecule has 0 saturated heterocycles. The van der Waals surface area contributed by atoms with Crippen LogP contribution in [-0.4, -0.2) is 18.9 Å². The largest absolute Gasteiger partial charge is 0.395 e. The third kappa shape index (κ3) is 3.13. The number of nitrogens with one attached hydrogen (secondary N) is 1. The molecule has 0 bridgehead atoms. The van der Waals surface area contributed by atoms with Gasteiger partial charge in [0.05, 0.1) is 11.6 Å². The lowest BCUT2D eigenvalue weighted by molar-refractivity contribution is -0.231. The Balaban J connectivity index is 4.58. The highest BCUT2D eigenvalue weighted by atomic mass is 19.4. The van der Waals surface area contributed by atoms with Gasteiger partial charge in [-0.2, -0.15) is 13.2 Å². The van der Waals surface area contributed by atoms with Crippen LogP contribution in [0.5, 0.6) is 0 Å². The summed E-state index contributed by atoms with van der Waals surface area (Å²) in [6, 6.07) is 0. The fraction of sp³-hybridized carbons (Fsp3) is 1.00. The fourth-order valence-electron chi connectivity index (χ4n) is 1.00. The van der Waals surface area contributed by atoms with Gasteiger partial charge >= 0.3 is 6.18 Å². The SMILES string of the molecule is CC(N)NCC(C)(C(C)C)C(F)(F)F. The highest BCUT2D eigenvalue weighted by molar-refractivity contribution is 4.87. The first-order valence-electron chi connectivity index (χ1n) is 4.67. The van der Waals surface area contributed by atoms with Crippen molar-refractivity contribution in [3.8, 4) is 0 Å². The Kier molecular flexibility index (Phi) is 4.39. The first-order chi connectivity index (χ1) is 6.11. The minimum absolute atomic E-state index is 0.147. The Bertz CT molecular complexity index is 177. The van der Waals surface area contributed by atoms with Crippen LogP contribution in [0.4, 0.5) is 13.2 Å². The smallest absolute Gasteiger partial charge is 0.316 e. The maximum Gasteiger partial charge on any atom is 0.395 e. The van der Waals surface area contributed by atoms with Crippen molar-refractivity contribution in [2.75, 3.05) is 6.54 Å². The van der Waals surface area contributed by atoms with Crippen molar-refractivity contribution in [2.24, 2.45) is 17.1 Å². The lowest BCUT2D eigenvalue weighted by Crippen LogP contribution is -2.50. The van der Waals surface area contributed by atoms with Crippen molar-refractivity contribution in [3.63, 3.8) is 0 Å². The predicted octanol–water partition coefficient (Wildman–Crippen LogP) is 2.11. The first-order valence-corrected chi connectivity index (χ1v) is 4.67. The van der Waals surface area contributed by atoms with Crippen molar-refractivity contribution >= 4 is 0 Å². The molecule has 0 spiro atoms. The molecule has 0 amide bonds. The number of alkyl halides is 3. The molecule has 0 aliphatic rings. The molecule has 2 atom stereocenters. The van der Waals surface area contributed by atoms with E-state index in [0.29, 0.717) is 0 Å². The standard InChI is InChI=1S/C9H19F3N2/c1-6(2)8(4,9(10,11)12)5-14-7(3)13/h6-7,14H,5,13H2,1-4H3. The van der Waals surface area contributed by atoms with E-state index in [1.807, 2.05) is 0 Å². The van der Waals surface area contributed by atoms with E-state index in [4.69, 9.17) is 5.73 Å². The zero-order chi connectivity index (χ0) is 11.6. The maximum absolute atomic E-state index is 12.7. The second kappa shape index (κ2) is 4.49. The summed E-state index contributed by atoms with van der Waals surface area (Å²) in [6.07, 6.45) is -4.63. The van der Waals surface area contributed by atoms with E-state index in [2.05, 4.69) is 5.32 Å². The molecule has 0 aromatic carbocycles. The van der Waals surface area contributed by atoms with Gasteiger partial charge in [0.2, 0.25) is 0 Å². The Labute approximate surface area is 83.0 Å². The van der Waals surface area contributed by atoms with E-state index >= 15 is 0 Å². The van der Waals surface area contributed by atoms with Crippen LogP contribution in [0.15, 0.2) is 0 Å². The summed E-state index contributed by atoms with van der Waals surface area (Å²) in [6.45, 7) is 5.82. The molecule has 14 heavy (non-hydrogen) atoms. The van der Waals surface area contributed by atoms with Gasteiger partial charge in [0.1, 0.15) is 0 Å². The fourth-order valence-corrected chi connectivity index (χ4v) is 1.00. The van der Waals surface area contributed by atoms with Gasteiger partial charge in [0.25, 0.3) is 0 Å². The lowest BCUT2D eigenvalue weighted by atomic mass is 9.78. The highest BCUT2D eigenvalue weighted by Gasteiger charge is 2.52. The van der Waals surface area contributed by atoms with Gasteiger partial charge in [0, 0.05) is 6.54 Å². The monoisotopic (exact) mass is 212 g/mol. The van der Waals surface area contributed by atoms with Crippen LogP contribution in [0.3, 0.4) is 0 Å². The van der Waals surface area contributed by atoms with Crippen molar-refractivity contribution in [1.82, 2.24) is 5.32 Å². The molecule has 0 aromatic heterocycles. The second-order valence-corrected chi connectivity index (χ2v) is 4.24. The minimum atomic E-state index is -4.21. The van der Waals surface area contributed by atoms with E-state index in [-0.39, 0.29) is 6.54 Å². The molecule has 0 saturated carbocycles. The van der Waals surface area contributed by atoms with E-state index in [9.17, 15) is 13.2 Å². The number of nitrogens with two attached hydrogens (primary N) is 1. The molecule has 0 radical (unpaired) electrons. The van der Waals surface area contributed by atoms with Crippen LogP contribution in [0, 0.1) is 11.3 Å². The predicted molar refractivity (Wildman–Crippen MR) is 50.7 cm³/mol. The van der Waals surface area contributed by atoms with E-state index in [1.165, 1.54) is 6.92 Å². The maximum atomic E-state index is 12.7. The quantitative estimate of drug-likeness (QED) is 0.700. The van der Waals surface area contributed by atoms with Crippen LogP contribution in [0.2, 0.25) is 0 Å². The average Bonchev–Trinajstić information content (AvgIpc) is 1.97. The third-order valence-corrected chi connectivity index (χ3v) is 2.71. The summed E-state index contributed by atoms with van der Waals surface area (Å²) in [5.41, 5.74) is 3.64. The summed E-state index contributed by atoms with van der Waals surface area (Å²) in [4.78, 5) is 0. The van der Waals surface area contributed by atoms with Gasteiger partial charge in [-0.25, -0.2) is 0 Å². The molecule has 0 aliphatic heterocycles. The minimum Gasteiger partial charge on any atom is -0.316 e. The summed E-state index contributed by atoms with van der Waals surface area (Å²) < 4.78 is 38.2. The van der Waals surface area contributed by atoms with Crippen molar-refractivity contribution in [2.45, 2.75) is 40.0 Å². The van der Waals surface area contributed by atoms with Crippen molar-refractivity contribution in [3.05, 3.63) is 0 Å². The molecule has 0 aliphatic carbocycles. The molecular weight excluding hydrogens is 193 g/mol. The summed E-state index contributed by atoms with van der Waals surface area (Å²) in [7, 11) is 0. The molecule has 5 heteroatoms. The number of hydrogen-bond acceptors (Lipinski definition) is 2. The van der Waals surface area contributed by atoms with Crippen LogP contribution in [0.25, 0.3) is 0 Å². The lowest BCUT2D eigenvalue weighted by Gasteiger charge is -2.36. The van der Waals surface area contributed by atoms with Crippen LogP contribution < -0.4 is 11.1 Å². The Morgan fingerprint density at radius 1 is 1.21 bits per heavy atom. The normalized spacial score (nSPS) is 19.5. The van der Waals surface area contributed by atoms with Gasteiger partial charge in [-0.05, 0) is 19.8 Å². The van der Waals surface area contributed by atoms with Gasteiger partial charge in [-0.1, -0.05) is 13.8 Å².